The lowest BCUT2D eigenvalue weighted by atomic mass is 10.1. The SMILES string of the molecule is CCCCC(=O)Nc1ccccc1C(=O)N1CCN(C)CC1. The molecule has 22 heavy (non-hydrogen) atoms. The van der Waals surface area contributed by atoms with Gasteiger partial charge in [0.2, 0.25) is 5.91 Å². The lowest BCUT2D eigenvalue weighted by molar-refractivity contribution is -0.116. The normalized spacial score (nSPS) is 15.6. The van der Waals surface area contributed by atoms with Gasteiger partial charge < -0.3 is 15.1 Å². The zero-order chi connectivity index (χ0) is 15.9. The molecule has 2 rings (SSSR count). The molecule has 0 aromatic heterocycles. The Bertz CT molecular complexity index is 522. The Hall–Kier alpha value is -1.88. The molecule has 2 amide bonds. The fourth-order valence-electron chi connectivity index (χ4n) is 2.51. The van der Waals surface area contributed by atoms with Crippen LogP contribution in [-0.4, -0.2) is 54.8 Å². The van der Waals surface area contributed by atoms with E-state index in [-0.39, 0.29) is 11.8 Å². The molecule has 0 aliphatic carbocycles. The number of carbonyl (C=O) groups excluding carboxylic acids is 2. The van der Waals surface area contributed by atoms with E-state index in [9.17, 15) is 9.59 Å². The van der Waals surface area contributed by atoms with Crippen molar-refractivity contribution in [2.45, 2.75) is 26.2 Å². The minimum absolute atomic E-state index is 0.000471. The zero-order valence-corrected chi connectivity index (χ0v) is 13.5. The highest BCUT2D eigenvalue weighted by molar-refractivity contribution is 6.03. The molecule has 0 radical (unpaired) electrons. The summed E-state index contributed by atoms with van der Waals surface area (Å²) in [7, 11) is 2.06. The van der Waals surface area contributed by atoms with Gasteiger partial charge in [-0.25, -0.2) is 0 Å². The van der Waals surface area contributed by atoms with E-state index in [2.05, 4.69) is 24.2 Å². The van der Waals surface area contributed by atoms with Crippen LogP contribution in [0.3, 0.4) is 0 Å². The molecule has 1 saturated heterocycles. The molecule has 120 valence electrons. The number of hydrogen-bond donors (Lipinski definition) is 1. The van der Waals surface area contributed by atoms with Crippen LogP contribution in [-0.2, 0) is 4.79 Å². The lowest BCUT2D eigenvalue weighted by Gasteiger charge is -2.32. The summed E-state index contributed by atoms with van der Waals surface area (Å²) < 4.78 is 0. The third-order valence-corrected chi connectivity index (χ3v) is 3.98. The molecule has 0 atom stereocenters. The number of nitrogens with one attached hydrogen (secondary N) is 1. The summed E-state index contributed by atoms with van der Waals surface area (Å²) in [6.45, 7) is 5.28. The molecular formula is C17H25N3O2. The van der Waals surface area contributed by atoms with Gasteiger partial charge in [0.1, 0.15) is 0 Å². The fourth-order valence-corrected chi connectivity index (χ4v) is 2.51. The van der Waals surface area contributed by atoms with Gasteiger partial charge in [-0.2, -0.15) is 0 Å². The highest BCUT2D eigenvalue weighted by Gasteiger charge is 2.22. The van der Waals surface area contributed by atoms with Crippen molar-refractivity contribution in [3.05, 3.63) is 29.8 Å². The molecule has 1 aromatic carbocycles. The molecule has 1 fully saturated rings. The van der Waals surface area contributed by atoms with Crippen LogP contribution in [0.15, 0.2) is 24.3 Å². The number of para-hydroxylation sites is 1. The highest BCUT2D eigenvalue weighted by atomic mass is 16.2. The van der Waals surface area contributed by atoms with Gasteiger partial charge in [-0.1, -0.05) is 25.5 Å². The summed E-state index contributed by atoms with van der Waals surface area (Å²) in [6.07, 6.45) is 2.34. The average molecular weight is 303 g/mol. The summed E-state index contributed by atoms with van der Waals surface area (Å²) in [4.78, 5) is 28.7. The number of amides is 2. The summed E-state index contributed by atoms with van der Waals surface area (Å²) in [5.74, 6) is -0.0278. The molecule has 0 bridgehead atoms. The first-order valence-corrected chi connectivity index (χ1v) is 7.98. The van der Waals surface area contributed by atoms with Gasteiger partial charge in [-0.05, 0) is 25.6 Å². The number of carbonyl (C=O) groups is 2. The van der Waals surface area contributed by atoms with E-state index in [0.29, 0.717) is 17.7 Å². The van der Waals surface area contributed by atoms with Crippen molar-refractivity contribution in [2.24, 2.45) is 0 Å². The van der Waals surface area contributed by atoms with E-state index in [1.807, 2.05) is 17.0 Å². The first-order valence-electron chi connectivity index (χ1n) is 7.98. The molecule has 0 saturated carbocycles. The van der Waals surface area contributed by atoms with Crippen molar-refractivity contribution in [1.29, 1.82) is 0 Å². The Balaban J connectivity index is 2.07. The first-order chi connectivity index (χ1) is 10.6. The smallest absolute Gasteiger partial charge is 0.256 e. The van der Waals surface area contributed by atoms with E-state index in [0.717, 1.165) is 39.0 Å². The largest absolute Gasteiger partial charge is 0.336 e. The minimum Gasteiger partial charge on any atom is -0.336 e. The molecule has 0 unspecified atom stereocenters. The van der Waals surface area contributed by atoms with Crippen LogP contribution in [0, 0.1) is 0 Å². The Labute approximate surface area is 132 Å². The predicted molar refractivity (Wildman–Crippen MR) is 88.0 cm³/mol. The lowest BCUT2D eigenvalue weighted by Crippen LogP contribution is -2.47. The van der Waals surface area contributed by atoms with Crippen molar-refractivity contribution >= 4 is 17.5 Å². The van der Waals surface area contributed by atoms with Gasteiger partial charge in [0.05, 0.1) is 11.3 Å². The highest BCUT2D eigenvalue weighted by Crippen LogP contribution is 2.18. The number of rotatable bonds is 5. The van der Waals surface area contributed by atoms with Crippen molar-refractivity contribution in [3.8, 4) is 0 Å². The molecule has 1 aliphatic heterocycles. The number of likely N-dealkylation sites (N-methyl/N-ethyl adjacent to an activating group) is 1. The monoisotopic (exact) mass is 303 g/mol. The first kappa shape index (κ1) is 16.5. The topological polar surface area (TPSA) is 52.7 Å². The molecule has 5 nitrogen and oxygen atoms in total. The quantitative estimate of drug-likeness (QED) is 0.907. The minimum atomic E-state index is -0.0273. The Morgan fingerprint density at radius 3 is 2.50 bits per heavy atom. The number of hydrogen-bond acceptors (Lipinski definition) is 3. The second-order valence-corrected chi connectivity index (χ2v) is 5.79. The predicted octanol–water partition coefficient (Wildman–Crippen LogP) is 2.20. The summed E-state index contributed by atoms with van der Waals surface area (Å²) in [6, 6.07) is 7.27. The van der Waals surface area contributed by atoms with Crippen molar-refractivity contribution in [1.82, 2.24) is 9.80 Å². The zero-order valence-electron chi connectivity index (χ0n) is 13.5. The summed E-state index contributed by atoms with van der Waals surface area (Å²) in [5, 5.41) is 2.88. The molecular weight excluding hydrogens is 278 g/mol. The number of anilines is 1. The second kappa shape index (κ2) is 7.94. The third kappa shape index (κ3) is 4.31. The van der Waals surface area contributed by atoms with Gasteiger partial charge in [-0.15, -0.1) is 0 Å². The van der Waals surface area contributed by atoms with Crippen LogP contribution < -0.4 is 5.32 Å². The van der Waals surface area contributed by atoms with Crippen molar-refractivity contribution in [3.63, 3.8) is 0 Å². The van der Waals surface area contributed by atoms with Crippen molar-refractivity contribution in [2.75, 3.05) is 38.5 Å². The van der Waals surface area contributed by atoms with Gasteiger partial charge in [0.15, 0.2) is 0 Å². The standard InChI is InChI=1S/C17H25N3O2/c1-3-4-9-16(21)18-15-8-6-5-7-14(15)17(22)20-12-10-19(2)11-13-20/h5-8H,3-4,9-13H2,1-2H3,(H,18,21). The Morgan fingerprint density at radius 1 is 1.14 bits per heavy atom. The molecule has 1 N–H and O–H groups in total. The molecule has 1 aliphatic rings. The van der Waals surface area contributed by atoms with E-state index in [1.165, 1.54) is 0 Å². The summed E-state index contributed by atoms with van der Waals surface area (Å²) in [5.41, 5.74) is 1.20. The van der Waals surface area contributed by atoms with Crippen LogP contribution in [0.25, 0.3) is 0 Å². The Kier molecular flexibility index (Phi) is 5.95. The van der Waals surface area contributed by atoms with Crippen LogP contribution >= 0.6 is 0 Å². The van der Waals surface area contributed by atoms with E-state index >= 15 is 0 Å². The van der Waals surface area contributed by atoms with E-state index < -0.39 is 0 Å². The molecule has 1 heterocycles. The van der Waals surface area contributed by atoms with Gasteiger partial charge in [-0.3, -0.25) is 9.59 Å². The maximum absolute atomic E-state index is 12.7. The van der Waals surface area contributed by atoms with Gasteiger partial charge >= 0.3 is 0 Å². The second-order valence-electron chi connectivity index (χ2n) is 5.79. The van der Waals surface area contributed by atoms with E-state index in [1.54, 1.807) is 12.1 Å². The molecule has 1 aromatic rings. The van der Waals surface area contributed by atoms with Gasteiger partial charge in [0.25, 0.3) is 5.91 Å². The Morgan fingerprint density at radius 2 is 1.82 bits per heavy atom. The molecule has 5 heteroatoms. The maximum Gasteiger partial charge on any atom is 0.256 e. The van der Waals surface area contributed by atoms with Crippen molar-refractivity contribution < 1.29 is 9.59 Å². The fraction of sp³-hybridized carbons (Fsp3) is 0.529. The maximum atomic E-state index is 12.7. The number of nitrogens with zero attached hydrogens (tertiary/aromatic N) is 2. The number of benzene rings is 1. The van der Waals surface area contributed by atoms with Crippen LogP contribution in [0.4, 0.5) is 5.69 Å². The van der Waals surface area contributed by atoms with Crippen LogP contribution in [0.5, 0.6) is 0 Å². The van der Waals surface area contributed by atoms with Crippen LogP contribution in [0.2, 0.25) is 0 Å². The summed E-state index contributed by atoms with van der Waals surface area (Å²) >= 11 is 0. The van der Waals surface area contributed by atoms with Gasteiger partial charge in [0, 0.05) is 32.6 Å². The van der Waals surface area contributed by atoms with Crippen LogP contribution in [0.1, 0.15) is 36.5 Å². The third-order valence-electron chi connectivity index (χ3n) is 3.98. The van der Waals surface area contributed by atoms with E-state index in [4.69, 9.17) is 0 Å². The molecule has 0 spiro atoms. The number of piperazine rings is 1. The average Bonchev–Trinajstić information content (AvgIpc) is 2.53. The number of unbranched alkanes of at least 4 members (excludes halogenated alkanes) is 1.